The van der Waals surface area contributed by atoms with Crippen LogP contribution in [0, 0.1) is 0 Å². The largest absolute Gasteiger partial charge is 0.491 e. The number of benzene rings is 2. The number of hydrogen-bond acceptors (Lipinski definition) is 4. The van der Waals surface area contributed by atoms with Gasteiger partial charge in [0.1, 0.15) is 17.5 Å². The van der Waals surface area contributed by atoms with Crippen molar-refractivity contribution in [3.63, 3.8) is 0 Å². The molecule has 1 fully saturated rings. The van der Waals surface area contributed by atoms with Gasteiger partial charge in [-0.1, -0.05) is 55.5 Å². The Balaban J connectivity index is 2.05. The first-order valence-corrected chi connectivity index (χ1v) is 9.39. The molecule has 1 aliphatic rings. The van der Waals surface area contributed by atoms with Crippen LogP contribution in [0.3, 0.4) is 0 Å². The SMILES string of the molecule is CC(C)Oc1ccccc1[C@H](C)C(O)(c1ccccc1)[C@@H]1CNCCO1. The first kappa shape index (κ1) is 18.9. The third-order valence-corrected chi connectivity index (χ3v) is 5.06. The summed E-state index contributed by atoms with van der Waals surface area (Å²) in [6, 6.07) is 17.8. The minimum absolute atomic E-state index is 0.0702. The molecule has 0 aromatic heterocycles. The van der Waals surface area contributed by atoms with Crippen molar-refractivity contribution in [1.82, 2.24) is 5.32 Å². The van der Waals surface area contributed by atoms with Gasteiger partial charge in [0.05, 0.1) is 12.7 Å². The van der Waals surface area contributed by atoms with E-state index in [0.29, 0.717) is 13.2 Å². The van der Waals surface area contributed by atoms with Crippen LogP contribution in [0.15, 0.2) is 54.6 Å². The van der Waals surface area contributed by atoms with Gasteiger partial charge in [-0.25, -0.2) is 0 Å². The van der Waals surface area contributed by atoms with E-state index in [9.17, 15) is 5.11 Å². The van der Waals surface area contributed by atoms with Gasteiger partial charge < -0.3 is 19.9 Å². The third-order valence-electron chi connectivity index (χ3n) is 5.06. The molecule has 0 aliphatic carbocycles. The Bertz CT molecular complexity index is 698. The molecule has 4 nitrogen and oxygen atoms in total. The zero-order valence-corrected chi connectivity index (χ0v) is 15.8. The van der Waals surface area contributed by atoms with Gasteiger partial charge in [0, 0.05) is 24.6 Å². The summed E-state index contributed by atoms with van der Waals surface area (Å²) in [5.41, 5.74) is 0.688. The van der Waals surface area contributed by atoms with Crippen molar-refractivity contribution in [2.45, 2.75) is 44.5 Å². The molecule has 0 bridgehead atoms. The fourth-order valence-electron chi connectivity index (χ4n) is 3.70. The smallest absolute Gasteiger partial charge is 0.124 e. The Morgan fingerprint density at radius 3 is 2.42 bits per heavy atom. The summed E-state index contributed by atoms with van der Waals surface area (Å²) in [6.07, 6.45) is -0.262. The zero-order chi connectivity index (χ0) is 18.6. The van der Waals surface area contributed by atoms with E-state index >= 15 is 0 Å². The molecule has 1 unspecified atom stereocenters. The normalized spacial score (nSPS) is 21.2. The van der Waals surface area contributed by atoms with E-state index in [2.05, 4.69) is 5.32 Å². The van der Waals surface area contributed by atoms with Crippen molar-refractivity contribution in [2.75, 3.05) is 19.7 Å². The number of aliphatic hydroxyl groups is 1. The highest BCUT2D eigenvalue weighted by atomic mass is 16.5. The number of ether oxygens (including phenoxy) is 2. The Morgan fingerprint density at radius 1 is 1.08 bits per heavy atom. The monoisotopic (exact) mass is 355 g/mol. The molecule has 1 saturated heterocycles. The molecular formula is C22H29NO3. The van der Waals surface area contributed by atoms with Gasteiger partial charge >= 0.3 is 0 Å². The first-order valence-electron chi connectivity index (χ1n) is 9.39. The first-order chi connectivity index (χ1) is 12.5. The molecule has 1 heterocycles. The Kier molecular flexibility index (Phi) is 5.97. The molecule has 0 radical (unpaired) electrons. The lowest BCUT2D eigenvalue weighted by molar-refractivity contribution is -0.136. The second-order valence-electron chi connectivity index (χ2n) is 7.18. The van der Waals surface area contributed by atoms with E-state index in [1.807, 2.05) is 75.4 Å². The molecule has 0 saturated carbocycles. The van der Waals surface area contributed by atoms with Gasteiger partial charge in [-0.15, -0.1) is 0 Å². The minimum atomic E-state index is -1.16. The number of para-hydroxylation sites is 1. The predicted octanol–water partition coefficient (Wildman–Crippen LogP) is 3.45. The number of nitrogens with one attached hydrogen (secondary N) is 1. The molecule has 3 rings (SSSR count). The van der Waals surface area contributed by atoms with Crippen LogP contribution in [-0.2, 0) is 10.3 Å². The second-order valence-corrected chi connectivity index (χ2v) is 7.18. The quantitative estimate of drug-likeness (QED) is 0.833. The highest BCUT2D eigenvalue weighted by molar-refractivity contribution is 5.41. The summed E-state index contributed by atoms with van der Waals surface area (Å²) < 4.78 is 12.0. The molecular weight excluding hydrogens is 326 g/mol. The summed E-state index contributed by atoms with van der Waals surface area (Å²) in [5, 5.41) is 15.3. The van der Waals surface area contributed by atoms with Crippen molar-refractivity contribution in [2.24, 2.45) is 0 Å². The lowest BCUT2D eigenvalue weighted by Crippen LogP contribution is -2.53. The predicted molar refractivity (Wildman–Crippen MR) is 104 cm³/mol. The van der Waals surface area contributed by atoms with Crippen molar-refractivity contribution in [1.29, 1.82) is 0 Å². The van der Waals surface area contributed by atoms with Crippen LogP contribution >= 0.6 is 0 Å². The Hall–Kier alpha value is -1.88. The van der Waals surface area contributed by atoms with Gasteiger partial charge in [-0.3, -0.25) is 0 Å². The molecule has 1 aliphatic heterocycles. The fraction of sp³-hybridized carbons (Fsp3) is 0.455. The number of rotatable bonds is 6. The summed E-state index contributed by atoms with van der Waals surface area (Å²) in [7, 11) is 0. The van der Waals surface area contributed by atoms with Gasteiger partial charge in [0.25, 0.3) is 0 Å². The van der Waals surface area contributed by atoms with E-state index in [1.54, 1.807) is 0 Å². The molecule has 2 aromatic rings. The highest BCUT2D eigenvalue weighted by Crippen LogP contribution is 2.44. The van der Waals surface area contributed by atoms with Gasteiger partial charge in [0.15, 0.2) is 0 Å². The van der Waals surface area contributed by atoms with Gasteiger partial charge in [0.2, 0.25) is 0 Å². The van der Waals surface area contributed by atoms with Crippen LogP contribution in [0.25, 0.3) is 0 Å². The Morgan fingerprint density at radius 2 is 1.77 bits per heavy atom. The summed E-state index contributed by atoms with van der Waals surface area (Å²) in [6.45, 7) is 8.09. The van der Waals surface area contributed by atoms with Crippen molar-refractivity contribution in [3.8, 4) is 5.75 Å². The molecule has 140 valence electrons. The second kappa shape index (κ2) is 8.21. The van der Waals surface area contributed by atoms with Crippen LogP contribution in [0.4, 0.5) is 0 Å². The third kappa shape index (κ3) is 3.78. The number of morpholine rings is 1. The van der Waals surface area contributed by atoms with E-state index < -0.39 is 5.60 Å². The maximum Gasteiger partial charge on any atom is 0.124 e. The lowest BCUT2D eigenvalue weighted by atomic mass is 9.74. The van der Waals surface area contributed by atoms with Gasteiger partial charge in [-0.05, 0) is 25.5 Å². The van der Waals surface area contributed by atoms with Crippen molar-refractivity contribution >= 4 is 0 Å². The minimum Gasteiger partial charge on any atom is -0.491 e. The van der Waals surface area contributed by atoms with E-state index in [0.717, 1.165) is 23.4 Å². The standard InChI is InChI=1S/C22H29NO3/c1-16(2)26-20-12-8-7-11-19(20)17(3)22(24,18-9-5-4-6-10-18)21-15-23-13-14-25-21/h4-12,16-17,21,23-24H,13-15H2,1-3H3/t17-,21-,22?/m0/s1. The maximum absolute atomic E-state index is 12.0. The van der Waals surface area contributed by atoms with Crippen LogP contribution in [0.2, 0.25) is 0 Å². The fourth-order valence-corrected chi connectivity index (χ4v) is 3.70. The molecule has 2 N–H and O–H groups in total. The lowest BCUT2D eigenvalue weighted by Gasteiger charge is -2.43. The topological polar surface area (TPSA) is 50.7 Å². The van der Waals surface area contributed by atoms with Crippen LogP contribution < -0.4 is 10.1 Å². The molecule has 0 spiro atoms. The average molecular weight is 355 g/mol. The summed E-state index contributed by atoms with van der Waals surface area (Å²) >= 11 is 0. The molecule has 26 heavy (non-hydrogen) atoms. The van der Waals surface area contributed by atoms with Crippen LogP contribution in [-0.4, -0.2) is 37.0 Å². The number of hydrogen-bond donors (Lipinski definition) is 2. The molecule has 2 aromatic carbocycles. The highest BCUT2D eigenvalue weighted by Gasteiger charge is 2.46. The van der Waals surface area contributed by atoms with Crippen molar-refractivity contribution in [3.05, 3.63) is 65.7 Å². The van der Waals surface area contributed by atoms with E-state index in [1.165, 1.54) is 0 Å². The molecule has 3 atom stereocenters. The van der Waals surface area contributed by atoms with Crippen LogP contribution in [0.5, 0.6) is 5.75 Å². The van der Waals surface area contributed by atoms with E-state index in [-0.39, 0.29) is 18.1 Å². The maximum atomic E-state index is 12.0. The van der Waals surface area contributed by atoms with E-state index in [4.69, 9.17) is 9.47 Å². The summed E-state index contributed by atoms with van der Waals surface area (Å²) in [4.78, 5) is 0. The Labute approximate surface area is 156 Å². The van der Waals surface area contributed by atoms with Gasteiger partial charge in [-0.2, -0.15) is 0 Å². The van der Waals surface area contributed by atoms with Crippen LogP contribution in [0.1, 0.15) is 37.8 Å². The average Bonchev–Trinajstić information content (AvgIpc) is 2.68. The molecule has 4 heteroatoms. The molecule has 0 amide bonds. The van der Waals surface area contributed by atoms with Crippen molar-refractivity contribution < 1.29 is 14.6 Å². The zero-order valence-electron chi connectivity index (χ0n) is 15.8. The summed E-state index contributed by atoms with van der Waals surface area (Å²) in [5.74, 6) is 0.609.